The number of phenols is 1. The third-order valence-corrected chi connectivity index (χ3v) is 17.3. The van der Waals surface area contributed by atoms with Crippen LogP contribution >= 0.6 is 22.9 Å². The number of anilines is 1. The van der Waals surface area contributed by atoms with E-state index in [-0.39, 0.29) is 90.7 Å². The van der Waals surface area contributed by atoms with Crippen LogP contribution in [-0.4, -0.2) is 192 Å². The third kappa shape index (κ3) is 16.3. The number of amides is 4. The second-order valence-electron chi connectivity index (χ2n) is 23.5. The van der Waals surface area contributed by atoms with Crippen molar-refractivity contribution in [2.75, 3.05) is 104 Å². The predicted octanol–water partition coefficient (Wildman–Crippen LogP) is 7.88. The number of phenolic OH excluding ortho intramolecular Hbond substituents is 1. The quantitative estimate of drug-likeness (QED) is 0.0315. The molecule has 3 fully saturated rings. The van der Waals surface area contributed by atoms with E-state index in [0.717, 1.165) is 53.0 Å². The number of nitrogens with zero attached hydrogens (tertiary/aromatic N) is 7. The maximum absolute atomic E-state index is 17.1. The summed E-state index contributed by atoms with van der Waals surface area (Å²) in [6.07, 6.45) is 1.78. The Labute approximate surface area is 515 Å². The molecule has 3 aliphatic rings. The number of thiazole rings is 1. The molecule has 0 radical (unpaired) electrons. The van der Waals surface area contributed by atoms with Crippen LogP contribution in [0.15, 0.2) is 84.9 Å². The number of piperidine rings is 1. The number of halogens is 2. The normalized spacial score (nSPS) is 18.0. The number of hydrogen-bond donors (Lipinski definition) is 4. The topological polar surface area (TPSA) is 231 Å². The fourth-order valence-electron chi connectivity index (χ4n) is 11.4. The van der Waals surface area contributed by atoms with Gasteiger partial charge in [0.15, 0.2) is 5.82 Å². The van der Waals surface area contributed by atoms with Gasteiger partial charge in [-0.25, -0.2) is 9.37 Å². The van der Waals surface area contributed by atoms with Crippen molar-refractivity contribution in [1.29, 1.82) is 0 Å². The molecule has 0 unspecified atom stereocenters. The van der Waals surface area contributed by atoms with Crippen LogP contribution in [0.5, 0.6) is 11.8 Å². The number of fused-ring (bicyclic) bond motifs is 2. The van der Waals surface area contributed by atoms with Crippen molar-refractivity contribution in [2.45, 2.75) is 97.2 Å². The van der Waals surface area contributed by atoms with Crippen LogP contribution < -0.4 is 20.3 Å². The van der Waals surface area contributed by atoms with Crippen molar-refractivity contribution in [1.82, 2.24) is 40.3 Å². The standard InChI is InChI=1S/C64H79ClFN9O11S/c1-8-54(79)73-21-23-74(24-22-73)60-50-34-51(65)55(49-32-45(76)31-44-11-9-10-12-48(44)49)56(66)57(50)70-63(71-60)86-39(2)35-72-19-17-47(18-20-72)85-30-29-83-26-25-82-27-28-84-37-53(78)69-59(64(5,6)7)62(81)75-36-46(77)33-52(75)61(80)68-40(3)42-13-15-43(16-14-42)58-41(4)67-38-87-58/h8-16,31-32,34,38-40,46-47,52,59,76-77H,1,17-30,33,35-37H2,2-7H3,(H,68,80)(H,69,78)/t39-,40+,46-,52+,59-/m1/s1. The number of aliphatic hydroxyl groups is 1. The molecule has 3 saturated heterocycles. The number of piperazine rings is 1. The third-order valence-electron chi connectivity index (χ3n) is 16.0. The zero-order valence-corrected chi connectivity index (χ0v) is 51.8. The van der Waals surface area contributed by atoms with Gasteiger partial charge in [-0.2, -0.15) is 9.97 Å². The lowest BCUT2D eigenvalue weighted by Gasteiger charge is -2.35. The molecule has 0 spiro atoms. The molecule has 2 aromatic heterocycles. The summed E-state index contributed by atoms with van der Waals surface area (Å²) in [6, 6.07) is 17.8. The van der Waals surface area contributed by atoms with Gasteiger partial charge < -0.3 is 59.2 Å². The van der Waals surface area contributed by atoms with Crippen LogP contribution in [0.2, 0.25) is 5.02 Å². The number of carbonyl (C=O) groups excluding carboxylic acids is 4. The number of benzene rings is 4. The van der Waals surface area contributed by atoms with Crippen LogP contribution in [0, 0.1) is 18.2 Å². The molecular weight excluding hydrogens is 1160 g/mol. The molecule has 466 valence electrons. The number of aromatic nitrogens is 3. The fourth-order valence-corrected chi connectivity index (χ4v) is 12.5. The molecule has 20 nitrogen and oxygen atoms in total. The highest BCUT2D eigenvalue weighted by Gasteiger charge is 2.45. The van der Waals surface area contributed by atoms with Gasteiger partial charge in [-0.3, -0.25) is 24.1 Å². The van der Waals surface area contributed by atoms with E-state index in [1.165, 1.54) is 17.0 Å². The largest absolute Gasteiger partial charge is 0.508 e. The van der Waals surface area contributed by atoms with Gasteiger partial charge in [-0.1, -0.05) is 87.5 Å². The minimum Gasteiger partial charge on any atom is -0.508 e. The number of ether oxygens (including phenoxy) is 5. The highest BCUT2D eigenvalue weighted by molar-refractivity contribution is 7.13. The Morgan fingerprint density at radius 1 is 0.885 bits per heavy atom. The Kier molecular flexibility index (Phi) is 21.8. The van der Waals surface area contributed by atoms with Crippen molar-refractivity contribution in [3.63, 3.8) is 0 Å². The molecule has 0 saturated carbocycles. The van der Waals surface area contributed by atoms with E-state index < -0.39 is 41.2 Å². The fraction of sp³-hybridized carbons (Fsp3) is 0.484. The van der Waals surface area contributed by atoms with Gasteiger partial charge >= 0.3 is 6.01 Å². The Morgan fingerprint density at radius 2 is 1.57 bits per heavy atom. The van der Waals surface area contributed by atoms with Crippen LogP contribution in [0.3, 0.4) is 0 Å². The van der Waals surface area contributed by atoms with Gasteiger partial charge in [0.05, 0.1) is 79.0 Å². The average molecular weight is 1240 g/mol. The van der Waals surface area contributed by atoms with E-state index in [0.29, 0.717) is 81.3 Å². The summed E-state index contributed by atoms with van der Waals surface area (Å²) < 4.78 is 46.7. The van der Waals surface area contributed by atoms with E-state index in [4.69, 9.17) is 40.3 Å². The number of β-amino-alcohol motifs (C(OH)–C–C–N with tert-alkyl or cyclic N) is 1. The number of carbonyl (C=O) groups is 4. The molecule has 5 heterocycles. The molecule has 3 aliphatic heterocycles. The van der Waals surface area contributed by atoms with E-state index in [1.807, 2.05) is 100 Å². The lowest BCUT2D eigenvalue weighted by molar-refractivity contribution is -0.144. The molecule has 0 aliphatic carbocycles. The van der Waals surface area contributed by atoms with Gasteiger partial charge in [-0.15, -0.1) is 11.3 Å². The Morgan fingerprint density at radius 3 is 2.25 bits per heavy atom. The molecule has 0 bridgehead atoms. The minimum absolute atomic E-state index is 0.00742. The summed E-state index contributed by atoms with van der Waals surface area (Å²) in [5.41, 5.74) is 4.51. The molecule has 9 rings (SSSR count). The first-order valence-electron chi connectivity index (χ1n) is 29.7. The number of aromatic hydroxyl groups is 1. The number of aryl methyl sites for hydroxylation is 1. The summed E-state index contributed by atoms with van der Waals surface area (Å²) in [4.78, 5) is 75.6. The van der Waals surface area contributed by atoms with E-state index in [2.05, 4.69) is 32.1 Å². The van der Waals surface area contributed by atoms with Crippen molar-refractivity contribution in [2.24, 2.45) is 5.41 Å². The predicted molar refractivity (Wildman–Crippen MR) is 332 cm³/mol. The van der Waals surface area contributed by atoms with E-state index in [9.17, 15) is 29.4 Å². The molecule has 23 heteroatoms. The summed E-state index contributed by atoms with van der Waals surface area (Å²) >= 11 is 8.50. The monoisotopic (exact) mass is 1240 g/mol. The van der Waals surface area contributed by atoms with Gasteiger partial charge in [0.1, 0.15) is 41.9 Å². The summed E-state index contributed by atoms with van der Waals surface area (Å²) in [7, 11) is 0. The first kappa shape index (κ1) is 64.6. The maximum atomic E-state index is 17.1. The lowest BCUT2D eigenvalue weighted by Crippen LogP contribution is -2.58. The minimum atomic E-state index is -0.992. The van der Waals surface area contributed by atoms with Crippen molar-refractivity contribution in [3.05, 3.63) is 107 Å². The van der Waals surface area contributed by atoms with Crippen LogP contribution in [-0.2, 0) is 38.1 Å². The number of likely N-dealkylation sites (tertiary alicyclic amines) is 2. The Bertz CT molecular complexity index is 3390. The molecule has 6 aromatic rings. The van der Waals surface area contributed by atoms with Gasteiger partial charge in [0.25, 0.3) is 0 Å². The first-order valence-corrected chi connectivity index (χ1v) is 30.9. The van der Waals surface area contributed by atoms with Gasteiger partial charge in [0.2, 0.25) is 23.6 Å². The average Bonchev–Trinajstić information content (AvgIpc) is 1.58. The van der Waals surface area contributed by atoms with Gasteiger partial charge in [-0.05, 0) is 90.8 Å². The summed E-state index contributed by atoms with van der Waals surface area (Å²) in [5, 5.41) is 29.1. The van der Waals surface area contributed by atoms with E-state index >= 15 is 4.39 Å². The zero-order chi connectivity index (χ0) is 61.9. The second kappa shape index (κ2) is 29.4. The van der Waals surface area contributed by atoms with Crippen LogP contribution in [0.4, 0.5) is 10.2 Å². The first-order chi connectivity index (χ1) is 41.8. The maximum Gasteiger partial charge on any atom is 0.319 e. The molecule has 4 amide bonds. The van der Waals surface area contributed by atoms with E-state index in [1.54, 1.807) is 28.4 Å². The molecular formula is C64H79ClFN9O11S. The SMILES string of the molecule is C=CC(=O)N1CCN(c2nc(O[C@H](C)CN3CCC(OCCOCCOCCOCC(=O)N[C@H](C(=O)N4C[C@H](O)C[C@H]4C(=O)N[C@@H](C)c4ccc(-c5scnc5C)cc4)C(C)(C)C)CC3)nc3c(F)c(-c4cc(O)cc5ccccc45)c(Cl)cc23)CC1. The molecule has 87 heavy (non-hydrogen) atoms. The summed E-state index contributed by atoms with van der Waals surface area (Å²) in [6.45, 7) is 20.1. The van der Waals surface area contributed by atoms with Crippen LogP contribution in [0.25, 0.3) is 43.2 Å². The Hall–Kier alpha value is -6.89. The smallest absolute Gasteiger partial charge is 0.319 e. The van der Waals surface area contributed by atoms with Crippen molar-refractivity contribution in [3.8, 4) is 33.3 Å². The Balaban J connectivity index is 0.669. The second-order valence-corrected chi connectivity index (χ2v) is 24.7. The van der Waals surface area contributed by atoms with Crippen molar-refractivity contribution < 1.29 is 57.5 Å². The van der Waals surface area contributed by atoms with Gasteiger partial charge in [0, 0.05) is 69.7 Å². The lowest BCUT2D eigenvalue weighted by atomic mass is 9.85. The highest BCUT2D eigenvalue weighted by Crippen LogP contribution is 2.43. The van der Waals surface area contributed by atoms with Crippen molar-refractivity contribution >= 4 is 74.1 Å². The number of hydrogen-bond acceptors (Lipinski definition) is 17. The highest BCUT2D eigenvalue weighted by atomic mass is 35.5. The number of rotatable bonds is 25. The van der Waals surface area contributed by atoms with Crippen LogP contribution in [0.1, 0.15) is 71.2 Å². The molecule has 5 atom stereocenters. The molecule has 4 aromatic carbocycles. The molecule has 4 N–H and O–H groups in total. The number of nitrogens with one attached hydrogen (secondary N) is 2. The number of aliphatic hydroxyl groups excluding tert-OH is 1. The summed E-state index contributed by atoms with van der Waals surface area (Å²) in [5.74, 6) is -1.77. The zero-order valence-electron chi connectivity index (χ0n) is 50.3.